The van der Waals surface area contributed by atoms with Gasteiger partial charge in [0.2, 0.25) is 5.91 Å². The molecule has 0 aromatic heterocycles. The van der Waals surface area contributed by atoms with E-state index in [2.05, 4.69) is 58.9 Å². The molecule has 18 heavy (non-hydrogen) atoms. The highest BCUT2D eigenvalue weighted by Crippen LogP contribution is 2.11. The molecule has 1 rings (SSSR count). The van der Waals surface area contributed by atoms with Crippen LogP contribution in [0.25, 0.3) is 0 Å². The molecule has 1 aromatic carbocycles. The zero-order chi connectivity index (χ0) is 13.7. The summed E-state index contributed by atoms with van der Waals surface area (Å²) < 4.78 is 0. The summed E-state index contributed by atoms with van der Waals surface area (Å²) in [6.07, 6.45) is 1.43. The maximum Gasteiger partial charge on any atom is 0.223 e. The highest BCUT2D eigenvalue weighted by Gasteiger charge is 2.19. The maximum absolute atomic E-state index is 12.2. The molecular weight excluding hydrogens is 222 g/mol. The van der Waals surface area contributed by atoms with Crippen molar-refractivity contribution >= 4 is 5.91 Å². The van der Waals surface area contributed by atoms with Crippen LogP contribution in [0.3, 0.4) is 0 Å². The SMILES string of the molecule is Cc1ccc(CCC(=O)N(C(C)C)C(C)C)cc1. The molecule has 0 aliphatic rings. The molecule has 2 heteroatoms. The number of hydrogen-bond acceptors (Lipinski definition) is 1. The second-order valence-electron chi connectivity index (χ2n) is 5.47. The van der Waals surface area contributed by atoms with Gasteiger partial charge in [0, 0.05) is 18.5 Å². The van der Waals surface area contributed by atoms with E-state index in [-0.39, 0.29) is 18.0 Å². The van der Waals surface area contributed by atoms with Crippen molar-refractivity contribution in [2.75, 3.05) is 0 Å². The predicted molar refractivity (Wildman–Crippen MR) is 76.6 cm³/mol. The molecule has 0 saturated carbocycles. The molecule has 100 valence electrons. The number of aryl methyl sites for hydroxylation is 2. The smallest absolute Gasteiger partial charge is 0.223 e. The summed E-state index contributed by atoms with van der Waals surface area (Å²) in [5, 5.41) is 0. The van der Waals surface area contributed by atoms with Gasteiger partial charge < -0.3 is 4.90 Å². The first-order valence-electron chi connectivity index (χ1n) is 6.78. The molecule has 0 atom stereocenters. The number of hydrogen-bond donors (Lipinski definition) is 0. The molecule has 0 radical (unpaired) electrons. The molecule has 0 unspecified atom stereocenters. The molecule has 1 amide bonds. The van der Waals surface area contributed by atoms with E-state index in [0.29, 0.717) is 6.42 Å². The van der Waals surface area contributed by atoms with Gasteiger partial charge in [0.25, 0.3) is 0 Å². The fraction of sp³-hybridized carbons (Fsp3) is 0.562. The van der Waals surface area contributed by atoms with Crippen molar-refractivity contribution < 1.29 is 4.79 Å². The first-order valence-corrected chi connectivity index (χ1v) is 6.78. The highest BCUT2D eigenvalue weighted by molar-refractivity contribution is 5.77. The van der Waals surface area contributed by atoms with Crippen molar-refractivity contribution in [2.24, 2.45) is 0 Å². The maximum atomic E-state index is 12.2. The number of carbonyl (C=O) groups excluding carboxylic acids is 1. The van der Waals surface area contributed by atoms with Crippen molar-refractivity contribution in [3.8, 4) is 0 Å². The largest absolute Gasteiger partial charge is 0.338 e. The van der Waals surface area contributed by atoms with Gasteiger partial charge in [-0.1, -0.05) is 29.8 Å². The third kappa shape index (κ3) is 4.17. The van der Waals surface area contributed by atoms with Crippen molar-refractivity contribution in [2.45, 2.75) is 59.5 Å². The fourth-order valence-electron chi connectivity index (χ4n) is 2.31. The lowest BCUT2D eigenvalue weighted by molar-refractivity contribution is -0.134. The van der Waals surface area contributed by atoms with Crippen LogP contribution < -0.4 is 0 Å². The third-order valence-electron chi connectivity index (χ3n) is 3.15. The topological polar surface area (TPSA) is 20.3 Å². The number of nitrogens with zero attached hydrogens (tertiary/aromatic N) is 1. The van der Waals surface area contributed by atoms with E-state index in [1.807, 2.05) is 4.90 Å². The molecule has 0 saturated heterocycles. The predicted octanol–water partition coefficient (Wildman–Crippen LogP) is 3.57. The Morgan fingerprint density at radius 1 is 1.06 bits per heavy atom. The van der Waals surface area contributed by atoms with E-state index in [1.165, 1.54) is 11.1 Å². The van der Waals surface area contributed by atoms with Crippen LogP contribution in [0.1, 0.15) is 45.2 Å². The minimum atomic E-state index is 0.251. The normalized spacial score (nSPS) is 11.1. The fourth-order valence-corrected chi connectivity index (χ4v) is 2.31. The van der Waals surface area contributed by atoms with Gasteiger partial charge in [0.15, 0.2) is 0 Å². The standard InChI is InChI=1S/C16H25NO/c1-12(2)17(13(3)4)16(18)11-10-15-8-6-14(5)7-9-15/h6-9,12-13H,10-11H2,1-5H3. The van der Waals surface area contributed by atoms with Crippen LogP contribution >= 0.6 is 0 Å². The molecule has 0 aliphatic carbocycles. The molecule has 0 heterocycles. The first-order chi connectivity index (χ1) is 8.41. The van der Waals surface area contributed by atoms with Gasteiger partial charge in [0.05, 0.1) is 0 Å². The van der Waals surface area contributed by atoms with Crippen LogP contribution in [0.5, 0.6) is 0 Å². The van der Waals surface area contributed by atoms with Crippen molar-refractivity contribution in [3.05, 3.63) is 35.4 Å². The summed E-state index contributed by atoms with van der Waals surface area (Å²) in [5.41, 5.74) is 2.50. The Morgan fingerprint density at radius 2 is 1.56 bits per heavy atom. The van der Waals surface area contributed by atoms with Crippen molar-refractivity contribution in [1.82, 2.24) is 4.90 Å². The summed E-state index contributed by atoms with van der Waals surface area (Å²) >= 11 is 0. The molecule has 0 fully saturated rings. The Morgan fingerprint density at radius 3 is 2.00 bits per heavy atom. The lowest BCUT2D eigenvalue weighted by Gasteiger charge is -2.30. The Hall–Kier alpha value is -1.31. The number of amides is 1. The Labute approximate surface area is 111 Å². The minimum absolute atomic E-state index is 0.251. The minimum Gasteiger partial charge on any atom is -0.338 e. The quantitative estimate of drug-likeness (QED) is 0.779. The molecule has 0 N–H and O–H groups in total. The summed E-state index contributed by atoms with van der Waals surface area (Å²) in [4.78, 5) is 14.2. The van der Waals surface area contributed by atoms with E-state index in [9.17, 15) is 4.79 Å². The Kier molecular flexibility index (Phi) is 5.39. The van der Waals surface area contributed by atoms with Crippen LogP contribution in [0.2, 0.25) is 0 Å². The number of carbonyl (C=O) groups is 1. The van der Waals surface area contributed by atoms with Gasteiger partial charge in [-0.25, -0.2) is 0 Å². The van der Waals surface area contributed by atoms with Crippen LogP contribution in [-0.2, 0) is 11.2 Å². The van der Waals surface area contributed by atoms with Crippen LogP contribution in [0.4, 0.5) is 0 Å². The highest BCUT2D eigenvalue weighted by atomic mass is 16.2. The summed E-state index contributed by atoms with van der Waals surface area (Å²) in [7, 11) is 0. The zero-order valence-electron chi connectivity index (χ0n) is 12.2. The third-order valence-corrected chi connectivity index (χ3v) is 3.15. The van der Waals surface area contributed by atoms with E-state index in [4.69, 9.17) is 0 Å². The molecule has 0 bridgehead atoms. The average Bonchev–Trinajstić information content (AvgIpc) is 2.27. The second kappa shape index (κ2) is 6.58. The number of benzene rings is 1. The monoisotopic (exact) mass is 247 g/mol. The van der Waals surface area contributed by atoms with Crippen LogP contribution in [-0.4, -0.2) is 22.9 Å². The zero-order valence-corrected chi connectivity index (χ0v) is 12.2. The Bertz CT molecular complexity index is 371. The summed E-state index contributed by atoms with van der Waals surface area (Å²) in [5.74, 6) is 0.251. The Balaban J connectivity index is 2.57. The van der Waals surface area contributed by atoms with Crippen molar-refractivity contribution in [1.29, 1.82) is 0 Å². The molecule has 1 aromatic rings. The van der Waals surface area contributed by atoms with Gasteiger partial charge in [-0.05, 0) is 46.6 Å². The van der Waals surface area contributed by atoms with Crippen LogP contribution in [0.15, 0.2) is 24.3 Å². The number of rotatable bonds is 5. The molecule has 2 nitrogen and oxygen atoms in total. The van der Waals surface area contributed by atoms with E-state index >= 15 is 0 Å². The van der Waals surface area contributed by atoms with E-state index < -0.39 is 0 Å². The van der Waals surface area contributed by atoms with Gasteiger partial charge in [-0.2, -0.15) is 0 Å². The van der Waals surface area contributed by atoms with Gasteiger partial charge in [0.1, 0.15) is 0 Å². The molecule has 0 aliphatic heterocycles. The lowest BCUT2D eigenvalue weighted by atomic mass is 10.1. The molecule has 0 spiro atoms. The second-order valence-corrected chi connectivity index (χ2v) is 5.47. The summed E-state index contributed by atoms with van der Waals surface area (Å²) in [6, 6.07) is 8.96. The van der Waals surface area contributed by atoms with E-state index in [1.54, 1.807) is 0 Å². The summed E-state index contributed by atoms with van der Waals surface area (Å²) in [6.45, 7) is 10.4. The lowest BCUT2D eigenvalue weighted by Crippen LogP contribution is -2.42. The van der Waals surface area contributed by atoms with Gasteiger partial charge >= 0.3 is 0 Å². The van der Waals surface area contributed by atoms with Crippen LogP contribution in [0, 0.1) is 6.92 Å². The van der Waals surface area contributed by atoms with E-state index in [0.717, 1.165) is 6.42 Å². The average molecular weight is 247 g/mol. The van der Waals surface area contributed by atoms with Gasteiger partial charge in [-0.15, -0.1) is 0 Å². The van der Waals surface area contributed by atoms with Gasteiger partial charge in [-0.3, -0.25) is 4.79 Å². The van der Waals surface area contributed by atoms with Crippen molar-refractivity contribution in [3.63, 3.8) is 0 Å². The first kappa shape index (κ1) is 14.7. The molecular formula is C16H25NO.